The number of hydrogen-bond acceptors (Lipinski definition) is 4. The minimum atomic E-state index is -0.431. The Labute approximate surface area is 154 Å². The number of aromatic amines is 1. The number of fused-ring (bicyclic) bond motifs is 2. The van der Waals surface area contributed by atoms with E-state index in [-0.39, 0.29) is 18.4 Å². The van der Waals surface area contributed by atoms with Crippen molar-refractivity contribution in [1.82, 2.24) is 19.8 Å². The van der Waals surface area contributed by atoms with Gasteiger partial charge in [-0.15, -0.1) is 0 Å². The first-order chi connectivity index (χ1) is 12.6. The maximum atomic E-state index is 12.7. The van der Waals surface area contributed by atoms with Crippen LogP contribution in [0.5, 0.6) is 0 Å². The van der Waals surface area contributed by atoms with Crippen molar-refractivity contribution in [3.63, 3.8) is 0 Å². The smallest absolute Gasteiger partial charge is 0.249 e. The summed E-state index contributed by atoms with van der Waals surface area (Å²) in [4.78, 5) is 36.7. The van der Waals surface area contributed by atoms with Gasteiger partial charge in [0.25, 0.3) is 0 Å². The maximum absolute atomic E-state index is 12.7. The largest absolute Gasteiger partial charge is 0.375 e. The zero-order valence-corrected chi connectivity index (χ0v) is 15.7. The molecule has 0 radical (unpaired) electrons. The van der Waals surface area contributed by atoms with Crippen LogP contribution in [0.25, 0.3) is 0 Å². The van der Waals surface area contributed by atoms with E-state index in [1.165, 1.54) is 0 Å². The van der Waals surface area contributed by atoms with Crippen molar-refractivity contribution in [3.05, 3.63) is 29.9 Å². The molecule has 1 aromatic rings. The highest BCUT2D eigenvalue weighted by molar-refractivity contribution is 5.80. The van der Waals surface area contributed by atoms with Gasteiger partial charge in [0.1, 0.15) is 6.61 Å². The molecule has 2 aliphatic rings. The van der Waals surface area contributed by atoms with Crippen LogP contribution in [0.15, 0.2) is 18.5 Å². The molecule has 3 heterocycles. The van der Waals surface area contributed by atoms with Gasteiger partial charge in [-0.1, -0.05) is 19.1 Å². The van der Waals surface area contributed by atoms with E-state index in [9.17, 15) is 9.59 Å². The summed E-state index contributed by atoms with van der Waals surface area (Å²) in [5.41, 5.74) is 1.64. The lowest BCUT2D eigenvalue weighted by molar-refractivity contribution is -0.147. The van der Waals surface area contributed by atoms with Crippen molar-refractivity contribution in [2.75, 3.05) is 33.4 Å². The Morgan fingerprint density at radius 3 is 2.73 bits per heavy atom. The second-order valence-corrected chi connectivity index (χ2v) is 6.95. The predicted molar refractivity (Wildman–Crippen MR) is 97.4 cm³/mol. The zero-order chi connectivity index (χ0) is 18.6. The summed E-state index contributed by atoms with van der Waals surface area (Å²) >= 11 is 0. The third kappa shape index (κ3) is 3.40. The summed E-state index contributed by atoms with van der Waals surface area (Å²) in [5, 5.41) is 0. The zero-order valence-electron chi connectivity index (χ0n) is 15.7. The van der Waals surface area contributed by atoms with Gasteiger partial charge >= 0.3 is 0 Å². The molecule has 1 aromatic heterocycles. The van der Waals surface area contributed by atoms with Gasteiger partial charge in [-0.3, -0.25) is 9.59 Å². The van der Waals surface area contributed by atoms with E-state index in [1.54, 1.807) is 13.4 Å². The number of imidazole rings is 1. The highest BCUT2D eigenvalue weighted by atomic mass is 16.5. The van der Waals surface area contributed by atoms with Crippen LogP contribution in [0.1, 0.15) is 44.0 Å². The Bertz CT molecular complexity index is 674. The van der Waals surface area contributed by atoms with E-state index in [0.29, 0.717) is 38.9 Å². The molecule has 0 saturated carbocycles. The van der Waals surface area contributed by atoms with Crippen LogP contribution in [0.3, 0.4) is 0 Å². The number of piperidine rings is 1. The molecule has 0 aromatic carbocycles. The number of carbonyl (C=O) groups is 2. The molecule has 3 rings (SSSR count). The van der Waals surface area contributed by atoms with Gasteiger partial charge in [-0.25, -0.2) is 4.98 Å². The van der Waals surface area contributed by atoms with E-state index in [0.717, 1.165) is 24.2 Å². The number of H-pyrrole nitrogens is 1. The number of ether oxygens (including phenoxy) is 1. The Kier molecular flexibility index (Phi) is 5.76. The first-order valence-electron chi connectivity index (χ1n) is 9.37. The fourth-order valence-corrected chi connectivity index (χ4v) is 4.16. The summed E-state index contributed by atoms with van der Waals surface area (Å²) in [6.45, 7) is 4.07. The van der Waals surface area contributed by atoms with Gasteiger partial charge in [-0.05, 0) is 19.3 Å². The van der Waals surface area contributed by atoms with Crippen LogP contribution >= 0.6 is 0 Å². The minimum Gasteiger partial charge on any atom is -0.375 e. The number of carbonyl (C=O) groups excluding carboxylic acids is 2. The van der Waals surface area contributed by atoms with E-state index < -0.39 is 5.54 Å². The molecule has 0 atom stereocenters. The number of amides is 2. The molecular weight excluding hydrogens is 332 g/mol. The first-order valence-corrected chi connectivity index (χ1v) is 9.37. The number of nitrogens with one attached hydrogen (secondary N) is 1. The third-order valence-corrected chi connectivity index (χ3v) is 5.47. The molecule has 2 amide bonds. The normalized spacial score (nSPS) is 19.2. The Morgan fingerprint density at radius 2 is 2.04 bits per heavy atom. The fourth-order valence-electron chi connectivity index (χ4n) is 4.16. The summed E-state index contributed by atoms with van der Waals surface area (Å²) in [6, 6.07) is 0. The van der Waals surface area contributed by atoms with E-state index in [4.69, 9.17) is 4.74 Å². The standard InChI is InChI=1S/C19H28N4O3/c1-3-4-5-6-16(24)22-11-8-19(9-12-22)18-15(20-14-21-18)7-10-23(19)17(25)13-26-2/h4-5,14H,3,6-13H2,1-2H3,(H,20,21). The molecule has 1 saturated heterocycles. The van der Waals surface area contributed by atoms with E-state index in [2.05, 4.69) is 16.9 Å². The first kappa shape index (κ1) is 18.6. The summed E-state index contributed by atoms with van der Waals surface area (Å²) in [6.07, 6.45) is 9.25. The van der Waals surface area contributed by atoms with Gasteiger partial charge in [0, 0.05) is 45.3 Å². The topological polar surface area (TPSA) is 78.5 Å². The number of nitrogens with zero attached hydrogens (tertiary/aromatic N) is 3. The molecule has 1 N–H and O–H groups in total. The molecule has 7 nitrogen and oxygen atoms in total. The quantitative estimate of drug-likeness (QED) is 0.809. The Balaban J connectivity index is 1.77. The summed E-state index contributed by atoms with van der Waals surface area (Å²) < 4.78 is 5.08. The molecular formula is C19H28N4O3. The number of likely N-dealkylation sites (tertiary alicyclic amines) is 1. The van der Waals surface area contributed by atoms with Gasteiger partial charge < -0.3 is 19.5 Å². The lowest BCUT2D eigenvalue weighted by Crippen LogP contribution is -2.59. The van der Waals surface area contributed by atoms with Crippen molar-refractivity contribution >= 4 is 11.8 Å². The predicted octanol–water partition coefficient (Wildman–Crippen LogP) is 1.61. The lowest BCUT2D eigenvalue weighted by atomic mass is 9.78. The minimum absolute atomic E-state index is 0.00759. The number of hydrogen-bond donors (Lipinski definition) is 1. The number of aromatic nitrogens is 2. The molecule has 0 unspecified atom stereocenters. The van der Waals surface area contributed by atoms with Gasteiger partial charge in [0.15, 0.2) is 0 Å². The molecule has 7 heteroatoms. The maximum Gasteiger partial charge on any atom is 0.249 e. The molecule has 0 bridgehead atoms. The van der Waals surface area contributed by atoms with Crippen LogP contribution < -0.4 is 0 Å². The molecule has 142 valence electrons. The van der Waals surface area contributed by atoms with Crippen molar-refractivity contribution in [1.29, 1.82) is 0 Å². The van der Waals surface area contributed by atoms with Crippen molar-refractivity contribution < 1.29 is 14.3 Å². The molecule has 0 aliphatic carbocycles. The van der Waals surface area contributed by atoms with Gasteiger partial charge in [0.05, 0.1) is 17.6 Å². The molecule has 26 heavy (non-hydrogen) atoms. The third-order valence-electron chi connectivity index (χ3n) is 5.47. The number of methoxy groups -OCH3 is 1. The number of rotatable bonds is 5. The van der Waals surface area contributed by atoms with Crippen molar-refractivity contribution in [2.24, 2.45) is 0 Å². The number of allylic oxidation sites excluding steroid dienone is 1. The molecule has 1 fully saturated rings. The highest BCUT2D eigenvalue weighted by Crippen LogP contribution is 2.42. The monoisotopic (exact) mass is 360 g/mol. The van der Waals surface area contributed by atoms with E-state index in [1.807, 2.05) is 22.0 Å². The van der Waals surface area contributed by atoms with Crippen LogP contribution in [0.2, 0.25) is 0 Å². The van der Waals surface area contributed by atoms with Crippen LogP contribution in [-0.4, -0.2) is 64.9 Å². The second kappa shape index (κ2) is 8.03. The average Bonchev–Trinajstić information content (AvgIpc) is 3.13. The fraction of sp³-hybridized carbons (Fsp3) is 0.632. The van der Waals surface area contributed by atoms with Gasteiger partial charge in [-0.2, -0.15) is 0 Å². The highest BCUT2D eigenvalue weighted by Gasteiger charge is 2.48. The Hall–Kier alpha value is -2.15. The van der Waals surface area contributed by atoms with Crippen molar-refractivity contribution in [3.8, 4) is 0 Å². The van der Waals surface area contributed by atoms with Crippen LogP contribution in [0, 0.1) is 0 Å². The Morgan fingerprint density at radius 1 is 1.27 bits per heavy atom. The average molecular weight is 360 g/mol. The summed E-state index contributed by atoms with van der Waals surface area (Å²) in [7, 11) is 1.54. The summed E-state index contributed by atoms with van der Waals surface area (Å²) in [5.74, 6) is 0.143. The van der Waals surface area contributed by atoms with Crippen LogP contribution in [-0.2, 0) is 26.3 Å². The second-order valence-electron chi connectivity index (χ2n) is 6.95. The van der Waals surface area contributed by atoms with Gasteiger partial charge in [0.2, 0.25) is 11.8 Å². The lowest BCUT2D eigenvalue weighted by Gasteiger charge is -2.50. The van der Waals surface area contributed by atoms with E-state index >= 15 is 0 Å². The SMILES string of the molecule is CCC=CCC(=O)N1CCC2(CC1)c1nc[nH]c1CCN2C(=O)COC. The molecule has 2 aliphatic heterocycles. The van der Waals surface area contributed by atoms with Crippen molar-refractivity contribution in [2.45, 2.75) is 44.6 Å². The van der Waals surface area contributed by atoms with Crippen LogP contribution in [0.4, 0.5) is 0 Å². The molecule has 1 spiro atoms.